The third-order valence-electron chi connectivity index (χ3n) is 5.97. The number of esters is 1. The van der Waals surface area contributed by atoms with Crippen LogP contribution in [0.5, 0.6) is 0 Å². The summed E-state index contributed by atoms with van der Waals surface area (Å²) in [4.78, 5) is 12.2. The van der Waals surface area contributed by atoms with Gasteiger partial charge >= 0.3 is 5.97 Å². The molecule has 0 fully saturated rings. The van der Waals surface area contributed by atoms with Crippen molar-refractivity contribution in [2.24, 2.45) is 0 Å². The Balaban J connectivity index is 1.94. The van der Waals surface area contributed by atoms with E-state index in [1.54, 1.807) is 18.4 Å². The van der Waals surface area contributed by atoms with Crippen molar-refractivity contribution in [2.75, 3.05) is 0 Å². The SMILES string of the molecule is CC(=COC(=O)c1ccccc1)c1cc2c(cc1C)C(C)(C)CCC2(C)C. The lowest BCUT2D eigenvalue weighted by atomic mass is 9.62. The number of fused-ring (bicyclic) bond motifs is 1. The number of hydrogen-bond donors (Lipinski definition) is 0. The van der Waals surface area contributed by atoms with Crippen LogP contribution in [0.15, 0.2) is 48.7 Å². The van der Waals surface area contributed by atoms with Gasteiger partial charge in [0, 0.05) is 0 Å². The van der Waals surface area contributed by atoms with Crippen molar-refractivity contribution < 1.29 is 9.53 Å². The van der Waals surface area contributed by atoms with Crippen LogP contribution >= 0.6 is 0 Å². The highest BCUT2D eigenvalue weighted by molar-refractivity contribution is 5.90. The first-order chi connectivity index (χ1) is 12.6. The predicted molar refractivity (Wildman–Crippen MR) is 112 cm³/mol. The molecule has 2 heteroatoms. The molecule has 1 aliphatic carbocycles. The Hall–Kier alpha value is -2.35. The maximum Gasteiger partial charge on any atom is 0.342 e. The van der Waals surface area contributed by atoms with E-state index in [2.05, 4.69) is 46.8 Å². The molecule has 0 unspecified atom stereocenters. The molecule has 142 valence electrons. The lowest BCUT2D eigenvalue weighted by Crippen LogP contribution is -2.34. The number of carbonyl (C=O) groups is 1. The molecule has 2 aromatic carbocycles. The Morgan fingerprint density at radius 2 is 1.52 bits per heavy atom. The molecule has 0 bridgehead atoms. The normalized spacial score (nSPS) is 17.9. The fraction of sp³-hybridized carbons (Fsp3) is 0.400. The minimum atomic E-state index is -0.327. The zero-order valence-corrected chi connectivity index (χ0v) is 17.3. The first-order valence-electron chi connectivity index (χ1n) is 9.71. The quantitative estimate of drug-likeness (QED) is 0.456. The monoisotopic (exact) mass is 362 g/mol. The first-order valence-corrected chi connectivity index (χ1v) is 9.71. The molecule has 2 nitrogen and oxygen atoms in total. The Bertz CT molecular complexity index is 886. The lowest BCUT2D eigenvalue weighted by molar-refractivity contribution is 0.0664. The Kier molecular flexibility index (Phi) is 5.03. The van der Waals surface area contributed by atoms with E-state index in [9.17, 15) is 4.79 Å². The van der Waals surface area contributed by atoms with Gasteiger partial charge in [-0.3, -0.25) is 0 Å². The van der Waals surface area contributed by atoms with E-state index in [0.717, 1.165) is 11.1 Å². The van der Waals surface area contributed by atoms with E-state index >= 15 is 0 Å². The van der Waals surface area contributed by atoms with Gasteiger partial charge in [-0.1, -0.05) is 58.0 Å². The van der Waals surface area contributed by atoms with Gasteiger partial charge in [0.1, 0.15) is 0 Å². The highest BCUT2D eigenvalue weighted by Crippen LogP contribution is 2.47. The van der Waals surface area contributed by atoms with Crippen molar-refractivity contribution in [3.05, 3.63) is 76.5 Å². The average Bonchev–Trinajstić information content (AvgIpc) is 2.63. The summed E-state index contributed by atoms with van der Waals surface area (Å²) >= 11 is 0. The molecule has 0 saturated carbocycles. The van der Waals surface area contributed by atoms with Crippen molar-refractivity contribution in [3.8, 4) is 0 Å². The molecule has 0 saturated heterocycles. The van der Waals surface area contributed by atoms with Gasteiger partial charge in [-0.15, -0.1) is 0 Å². The van der Waals surface area contributed by atoms with Crippen LogP contribution in [0.3, 0.4) is 0 Å². The number of rotatable bonds is 3. The number of ether oxygens (including phenoxy) is 1. The van der Waals surface area contributed by atoms with Crippen LogP contribution in [0.1, 0.15) is 80.1 Å². The van der Waals surface area contributed by atoms with E-state index in [-0.39, 0.29) is 16.8 Å². The fourth-order valence-corrected chi connectivity index (χ4v) is 3.99. The summed E-state index contributed by atoms with van der Waals surface area (Å²) < 4.78 is 5.44. The molecular weight excluding hydrogens is 332 g/mol. The molecule has 0 aromatic heterocycles. The lowest BCUT2D eigenvalue weighted by Gasteiger charge is -2.42. The summed E-state index contributed by atoms with van der Waals surface area (Å²) in [6, 6.07) is 13.7. The maximum absolute atomic E-state index is 12.2. The second-order valence-electron chi connectivity index (χ2n) is 9.05. The topological polar surface area (TPSA) is 26.3 Å². The van der Waals surface area contributed by atoms with Crippen molar-refractivity contribution in [2.45, 2.75) is 65.2 Å². The number of benzene rings is 2. The molecule has 3 rings (SSSR count). The summed E-state index contributed by atoms with van der Waals surface area (Å²) in [6.45, 7) is 13.5. The van der Waals surface area contributed by atoms with Gasteiger partial charge in [0.15, 0.2) is 0 Å². The molecule has 0 aliphatic heterocycles. The minimum absolute atomic E-state index is 0.161. The third-order valence-corrected chi connectivity index (χ3v) is 5.97. The van der Waals surface area contributed by atoms with E-state index in [4.69, 9.17) is 4.74 Å². The van der Waals surface area contributed by atoms with Crippen molar-refractivity contribution >= 4 is 11.5 Å². The van der Waals surface area contributed by atoms with E-state index in [0.29, 0.717) is 5.56 Å². The second kappa shape index (κ2) is 6.99. The van der Waals surface area contributed by atoms with Crippen LogP contribution in [0.2, 0.25) is 0 Å². The molecule has 2 aromatic rings. The number of allylic oxidation sites excluding steroid dienone is 1. The number of aryl methyl sites for hydroxylation is 1. The summed E-state index contributed by atoms with van der Waals surface area (Å²) in [5.41, 5.74) is 7.14. The third kappa shape index (κ3) is 3.85. The highest BCUT2D eigenvalue weighted by Gasteiger charge is 2.37. The highest BCUT2D eigenvalue weighted by atomic mass is 16.5. The zero-order chi connectivity index (χ0) is 19.8. The van der Waals surface area contributed by atoms with Crippen LogP contribution in [0, 0.1) is 6.92 Å². The molecule has 1 aliphatic rings. The molecule has 0 radical (unpaired) electrons. The molecule has 27 heavy (non-hydrogen) atoms. The summed E-state index contributed by atoms with van der Waals surface area (Å²) in [5.74, 6) is -0.327. The van der Waals surface area contributed by atoms with Crippen LogP contribution in [-0.4, -0.2) is 5.97 Å². The summed E-state index contributed by atoms with van der Waals surface area (Å²) in [5, 5.41) is 0. The van der Waals surface area contributed by atoms with Crippen molar-refractivity contribution in [1.29, 1.82) is 0 Å². The summed E-state index contributed by atoms with van der Waals surface area (Å²) in [7, 11) is 0. The molecule has 0 heterocycles. The Morgan fingerprint density at radius 3 is 2.11 bits per heavy atom. The zero-order valence-electron chi connectivity index (χ0n) is 17.3. The van der Waals surface area contributed by atoms with E-state index in [1.807, 2.05) is 25.1 Å². The van der Waals surface area contributed by atoms with Gasteiger partial charge in [-0.2, -0.15) is 0 Å². The van der Waals surface area contributed by atoms with E-state index < -0.39 is 0 Å². The van der Waals surface area contributed by atoms with Gasteiger partial charge in [0.2, 0.25) is 0 Å². The standard InChI is InChI=1S/C25H30O2/c1-17-14-21-22(25(5,6)13-12-24(21,3)4)15-20(17)18(2)16-27-23(26)19-10-8-7-9-11-19/h7-11,14-16H,12-13H2,1-6H3. The smallest absolute Gasteiger partial charge is 0.342 e. The van der Waals surface area contributed by atoms with Gasteiger partial charge < -0.3 is 4.74 Å². The van der Waals surface area contributed by atoms with Crippen LogP contribution in [-0.2, 0) is 15.6 Å². The second-order valence-corrected chi connectivity index (χ2v) is 9.05. The average molecular weight is 363 g/mol. The fourth-order valence-electron chi connectivity index (χ4n) is 3.99. The van der Waals surface area contributed by atoms with Crippen LogP contribution in [0.4, 0.5) is 0 Å². The number of hydrogen-bond acceptors (Lipinski definition) is 2. The van der Waals surface area contributed by atoms with Gasteiger partial charge in [-0.05, 0) is 77.5 Å². The van der Waals surface area contributed by atoms with Crippen LogP contribution in [0.25, 0.3) is 5.57 Å². The van der Waals surface area contributed by atoms with Gasteiger partial charge in [0.25, 0.3) is 0 Å². The maximum atomic E-state index is 12.2. The van der Waals surface area contributed by atoms with E-state index in [1.165, 1.54) is 29.5 Å². The minimum Gasteiger partial charge on any atom is -0.431 e. The Morgan fingerprint density at radius 1 is 0.963 bits per heavy atom. The van der Waals surface area contributed by atoms with Gasteiger partial charge in [0.05, 0.1) is 11.8 Å². The molecule has 0 atom stereocenters. The van der Waals surface area contributed by atoms with Crippen molar-refractivity contribution in [1.82, 2.24) is 0 Å². The molecule has 0 spiro atoms. The predicted octanol–water partition coefficient (Wildman–Crippen LogP) is 6.56. The van der Waals surface area contributed by atoms with Crippen molar-refractivity contribution in [3.63, 3.8) is 0 Å². The Labute approximate surface area is 163 Å². The molecular formula is C25H30O2. The molecule has 0 amide bonds. The van der Waals surface area contributed by atoms with Crippen LogP contribution < -0.4 is 0 Å². The van der Waals surface area contributed by atoms with Gasteiger partial charge in [-0.25, -0.2) is 4.79 Å². The first kappa shape index (κ1) is 19.4. The largest absolute Gasteiger partial charge is 0.431 e. The number of carbonyl (C=O) groups excluding carboxylic acids is 1. The summed E-state index contributed by atoms with van der Waals surface area (Å²) in [6.07, 6.45) is 3.97. The molecule has 0 N–H and O–H groups in total.